The van der Waals surface area contributed by atoms with Crippen molar-refractivity contribution >= 4 is 5.91 Å². The molecule has 0 N–H and O–H groups in total. The Kier molecular flexibility index (Phi) is 3.34. The number of rotatable bonds is 3. The summed E-state index contributed by atoms with van der Waals surface area (Å²) in [7, 11) is 0. The molecule has 1 aliphatic rings. The second kappa shape index (κ2) is 4.12. The summed E-state index contributed by atoms with van der Waals surface area (Å²) in [5, 5.41) is 0. The minimum atomic E-state index is 0.209. The highest BCUT2D eigenvalue weighted by atomic mass is 16.2. The summed E-state index contributed by atoms with van der Waals surface area (Å²) in [4.78, 5) is 13.5. The molecule has 2 nitrogen and oxygen atoms in total. The van der Waals surface area contributed by atoms with Crippen molar-refractivity contribution in [1.29, 1.82) is 0 Å². The van der Waals surface area contributed by atoms with Crippen LogP contribution in [-0.4, -0.2) is 22.9 Å². The molecule has 76 valence electrons. The van der Waals surface area contributed by atoms with Gasteiger partial charge in [-0.2, -0.15) is 0 Å². The van der Waals surface area contributed by atoms with Crippen LogP contribution in [-0.2, 0) is 4.79 Å². The van der Waals surface area contributed by atoms with Gasteiger partial charge in [-0.1, -0.05) is 19.8 Å². The first-order chi connectivity index (χ1) is 6.16. The summed E-state index contributed by atoms with van der Waals surface area (Å²) in [6.45, 7) is 6.84. The maximum atomic E-state index is 11.5. The average molecular weight is 183 g/mol. The molecular weight excluding hydrogens is 162 g/mol. The zero-order chi connectivity index (χ0) is 9.90. The summed E-state index contributed by atoms with van der Waals surface area (Å²) in [5.41, 5.74) is 0.209. The second-order valence-electron chi connectivity index (χ2n) is 4.05. The first kappa shape index (κ1) is 10.6. The van der Waals surface area contributed by atoms with Crippen LogP contribution >= 0.6 is 0 Å². The fourth-order valence-electron chi connectivity index (χ4n) is 2.74. The highest BCUT2D eigenvalue weighted by molar-refractivity contribution is 5.74. The van der Waals surface area contributed by atoms with Crippen molar-refractivity contribution in [3.63, 3.8) is 0 Å². The SMILES string of the molecule is CCN(C(C)=O)C1(CC)CCCC1. The van der Waals surface area contributed by atoms with Crippen molar-refractivity contribution in [3.8, 4) is 0 Å². The molecule has 0 aromatic rings. The Morgan fingerprint density at radius 1 is 1.31 bits per heavy atom. The van der Waals surface area contributed by atoms with E-state index in [9.17, 15) is 4.79 Å². The Balaban J connectivity index is 2.78. The molecule has 0 aromatic carbocycles. The van der Waals surface area contributed by atoms with Crippen LogP contribution in [0.3, 0.4) is 0 Å². The first-order valence-electron chi connectivity index (χ1n) is 5.44. The zero-order valence-electron chi connectivity index (χ0n) is 9.10. The van der Waals surface area contributed by atoms with Gasteiger partial charge in [0, 0.05) is 19.0 Å². The van der Waals surface area contributed by atoms with Crippen LogP contribution in [0.5, 0.6) is 0 Å². The van der Waals surface area contributed by atoms with E-state index in [0.29, 0.717) is 0 Å². The molecule has 0 saturated heterocycles. The highest BCUT2D eigenvalue weighted by Crippen LogP contribution is 2.37. The van der Waals surface area contributed by atoms with E-state index in [-0.39, 0.29) is 11.4 Å². The monoisotopic (exact) mass is 183 g/mol. The van der Waals surface area contributed by atoms with Crippen LogP contribution in [0, 0.1) is 0 Å². The molecule has 0 heterocycles. The fourth-order valence-corrected chi connectivity index (χ4v) is 2.74. The van der Waals surface area contributed by atoms with Crippen LogP contribution in [0.2, 0.25) is 0 Å². The van der Waals surface area contributed by atoms with Crippen LogP contribution < -0.4 is 0 Å². The van der Waals surface area contributed by atoms with Crippen LogP contribution in [0.25, 0.3) is 0 Å². The molecule has 0 atom stereocenters. The zero-order valence-corrected chi connectivity index (χ0v) is 9.10. The number of hydrogen-bond donors (Lipinski definition) is 0. The number of carbonyl (C=O) groups is 1. The van der Waals surface area contributed by atoms with Crippen LogP contribution in [0.15, 0.2) is 0 Å². The third-order valence-corrected chi connectivity index (χ3v) is 3.46. The first-order valence-corrected chi connectivity index (χ1v) is 5.44. The Hall–Kier alpha value is -0.530. The van der Waals surface area contributed by atoms with Gasteiger partial charge in [-0.15, -0.1) is 0 Å². The Labute approximate surface area is 81.3 Å². The van der Waals surface area contributed by atoms with Gasteiger partial charge in [0.05, 0.1) is 0 Å². The maximum absolute atomic E-state index is 11.5. The largest absolute Gasteiger partial charge is 0.338 e. The fraction of sp³-hybridized carbons (Fsp3) is 0.909. The molecule has 0 spiro atoms. The lowest BCUT2D eigenvalue weighted by molar-refractivity contribution is -0.135. The molecule has 0 aliphatic heterocycles. The lowest BCUT2D eigenvalue weighted by atomic mass is 9.91. The third kappa shape index (κ3) is 1.87. The predicted octanol–water partition coefficient (Wildman–Crippen LogP) is 2.58. The molecule has 0 radical (unpaired) electrons. The van der Waals surface area contributed by atoms with E-state index in [1.54, 1.807) is 6.92 Å². The minimum absolute atomic E-state index is 0.209. The van der Waals surface area contributed by atoms with Gasteiger partial charge < -0.3 is 4.90 Å². The van der Waals surface area contributed by atoms with Gasteiger partial charge in [-0.25, -0.2) is 0 Å². The van der Waals surface area contributed by atoms with Crippen molar-refractivity contribution < 1.29 is 4.79 Å². The summed E-state index contributed by atoms with van der Waals surface area (Å²) in [6.07, 6.45) is 6.10. The van der Waals surface area contributed by atoms with Crippen molar-refractivity contribution in [2.75, 3.05) is 6.54 Å². The standard InChI is InChI=1S/C11H21NO/c1-4-11(8-6-7-9-11)12(5-2)10(3)13/h4-9H2,1-3H3. The molecule has 1 aliphatic carbocycles. The maximum Gasteiger partial charge on any atom is 0.219 e. The number of amides is 1. The van der Waals surface area contributed by atoms with E-state index in [1.165, 1.54) is 25.7 Å². The van der Waals surface area contributed by atoms with E-state index < -0.39 is 0 Å². The topological polar surface area (TPSA) is 20.3 Å². The molecule has 1 fully saturated rings. The molecule has 0 unspecified atom stereocenters. The van der Waals surface area contributed by atoms with Gasteiger partial charge in [0.25, 0.3) is 0 Å². The molecular formula is C11H21NO. The summed E-state index contributed by atoms with van der Waals surface area (Å²) in [6, 6.07) is 0. The smallest absolute Gasteiger partial charge is 0.219 e. The van der Waals surface area contributed by atoms with Gasteiger partial charge in [-0.05, 0) is 26.2 Å². The van der Waals surface area contributed by atoms with Crippen LogP contribution in [0.1, 0.15) is 52.9 Å². The Morgan fingerprint density at radius 2 is 1.85 bits per heavy atom. The summed E-state index contributed by atoms with van der Waals surface area (Å²) in [5.74, 6) is 0.242. The number of hydrogen-bond acceptors (Lipinski definition) is 1. The minimum Gasteiger partial charge on any atom is -0.338 e. The van der Waals surface area contributed by atoms with Gasteiger partial charge in [0.15, 0.2) is 0 Å². The van der Waals surface area contributed by atoms with Crippen molar-refractivity contribution in [1.82, 2.24) is 4.90 Å². The number of nitrogens with zero attached hydrogens (tertiary/aromatic N) is 1. The summed E-state index contributed by atoms with van der Waals surface area (Å²) >= 11 is 0. The Bertz CT molecular complexity index is 183. The van der Waals surface area contributed by atoms with Gasteiger partial charge in [0.2, 0.25) is 5.91 Å². The van der Waals surface area contributed by atoms with Gasteiger partial charge in [0.1, 0.15) is 0 Å². The van der Waals surface area contributed by atoms with Crippen molar-refractivity contribution in [2.45, 2.75) is 58.4 Å². The normalized spacial score (nSPS) is 20.2. The molecule has 1 saturated carbocycles. The molecule has 13 heavy (non-hydrogen) atoms. The van der Waals surface area contributed by atoms with Crippen molar-refractivity contribution in [2.24, 2.45) is 0 Å². The lowest BCUT2D eigenvalue weighted by Crippen LogP contribution is -2.48. The van der Waals surface area contributed by atoms with E-state index in [4.69, 9.17) is 0 Å². The molecule has 1 rings (SSSR count). The average Bonchev–Trinajstić information content (AvgIpc) is 2.55. The number of carbonyl (C=O) groups excluding carboxylic acids is 1. The van der Waals surface area contributed by atoms with E-state index >= 15 is 0 Å². The molecule has 1 amide bonds. The Morgan fingerprint density at radius 3 is 2.15 bits per heavy atom. The van der Waals surface area contributed by atoms with Gasteiger partial charge >= 0.3 is 0 Å². The molecule has 0 aromatic heterocycles. The van der Waals surface area contributed by atoms with E-state index in [0.717, 1.165) is 13.0 Å². The molecule has 0 bridgehead atoms. The molecule has 2 heteroatoms. The predicted molar refractivity (Wildman–Crippen MR) is 54.6 cm³/mol. The van der Waals surface area contributed by atoms with Crippen LogP contribution in [0.4, 0.5) is 0 Å². The van der Waals surface area contributed by atoms with E-state index in [2.05, 4.69) is 18.7 Å². The van der Waals surface area contributed by atoms with Crippen molar-refractivity contribution in [3.05, 3.63) is 0 Å². The summed E-state index contributed by atoms with van der Waals surface area (Å²) < 4.78 is 0. The lowest BCUT2D eigenvalue weighted by Gasteiger charge is -2.39. The second-order valence-corrected chi connectivity index (χ2v) is 4.05. The van der Waals surface area contributed by atoms with E-state index in [1.807, 2.05) is 0 Å². The quantitative estimate of drug-likeness (QED) is 0.658. The van der Waals surface area contributed by atoms with Gasteiger partial charge in [-0.3, -0.25) is 4.79 Å². The third-order valence-electron chi connectivity index (χ3n) is 3.46. The highest BCUT2D eigenvalue weighted by Gasteiger charge is 2.38.